The molecule has 1 atom stereocenters. The van der Waals surface area contributed by atoms with E-state index < -0.39 is 0 Å². The summed E-state index contributed by atoms with van der Waals surface area (Å²) in [7, 11) is 1.69. The molecule has 5 heteroatoms. The maximum atomic E-state index is 11.1. The van der Waals surface area contributed by atoms with Gasteiger partial charge in [-0.05, 0) is 42.6 Å². The van der Waals surface area contributed by atoms with Gasteiger partial charge in [0.2, 0.25) is 5.91 Å². The van der Waals surface area contributed by atoms with Gasteiger partial charge in [0.25, 0.3) is 0 Å². The zero-order valence-electron chi connectivity index (χ0n) is 12.6. The molecule has 1 aliphatic rings. The molecule has 4 nitrogen and oxygen atoms in total. The molecule has 1 aromatic heterocycles. The summed E-state index contributed by atoms with van der Waals surface area (Å²) in [6.45, 7) is 3.03. The van der Waals surface area contributed by atoms with Crippen LogP contribution in [0.1, 0.15) is 33.1 Å². The summed E-state index contributed by atoms with van der Waals surface area (Å²) in [5.74, 6) is 1.12. The lowest BCUT2D eigenvalue weighted by Crippen LogP contribution is -2.19. The molecule has 0 unspecified atom stereocenters. The summed E-state index contributed by atoms with van der Waals surface area (Å²) in [5, 5.41) is 1.84. The lowest BCUT2D eigenvalue weighted by molar-refractivity contribution is 0.100. The molecule has 0 radical (unpaired) electrons. The minimum absolute atomic E-state index is 0.347. The lowest BCUT2D eigenvalue weighted by Gasteiger charge is -2.15. The largest absolute Gasteiger partial charge is 0.497 e. The minimum atomic E-state index is -0.347. The highest BCUT2D eigenvalue weighted by Crippen LogP contribution is 2.30. The van der Waals surface area contributed by atoms with Crippen molar-refractivity contribution in [2.45, 2.75) is 18.9 Å². The molecule has 1 aromatic carbocycles. The number of primary amides is 1. The van der Waals surface area contributed by atoms with Crippen molar-refractivity contribution in [2.75, 3.05) is 20.2 Å². The highest BCUT2D eigenvalue weighted by atomic mass is 32.1. The lowest BCUT2D eigenvalue weighted by atomic mass is 9.98. The van der Waals surface area contributed by atoms with Crippen LogP contribution < -0.4 is 10.5 Å². The number of rotatable bonds is 5. The summed E-state index contributed by atoms with van der Waals surface area (Å²) in [6.07, 6.45) is 1.17. The van der Waals surface area contributed by atoms with E-state index in [1.807, 2.05) is 23.6 Å². The second-order valence-corrected chi connectivity index (χ2v) is 6.66. The molecule has 1 amide bonds. The SMILES string of the molecule is COc1ccc([C@H]2CCN(Cc3cc(C(N)=O)cs3)C2)cc1. The molecule has 3 rings (SSSR count). The molecule has 1 fully saturated rings. The van der Waals surface area contributed by atoms with Crippen molar-refractivity contribution in [1.82, 2.24) is 4.90 Å². The third-order valence-corrected chi connectivity index (χ3v) is 5.10. The summed E-state index contributed by atoms with van der Waals surface area (Å²) >= 11 is 1.61. The predicted molar refractivity (Wildman–Crippen MR) is 88.5 cm³/mol. The van der Waals surface area contributed by atoms with Gasteiger partial charge in [-0.1, -0.05) is 12.1 Å². The van der Waals surface area contributed by atoms with Crippen LogP contribution in [0.25, 0.3) is 0 Å². The first-order chi connectivity index (χ1) is 10.7. The monoisotopic (exact) mass is 316 g/mol. The number of thiophene rings is 1. The van der Waals surface area contributed by atoms with E-state index in [-0.39, 0.29) is 5.91 Å². The fourth-order valence-electron chi connectivity index (χ4n) is 2.94. The van der Waals surface area contributed by atoms with E-state index in [1.165, 1.54) is 16.9 Å². The van der Waals surface area contributed by atoms with Crippen LogP contribution in [0.4, 0.5) is 0 Å². The summed E-state index contributed by atoms with van der Waals surface area (Å²) < 4.78 is 5.21. The number of amides is 1. The predicted octanol–water partition coefficient (Wildman–Crippen LogP) is 2.85. The van der Waals surface area contributed by atoms with Crippen LogP contribution in [0.3, 0.4) is 0 Å². The molecule has 0 saturated carbocycles. The van der Waals surface area contributed by atoms with Crippen LogP contribution in [-0.4, -0.2) is 31.0 Å². The van der Waals surface area contributed by atoms with Crippen LogP contribution >= 0.6 is 11.3 Å². The Kier molecular flexibility index (Phi) is 4.45. The van der Waals surface area contributed by atoms with Crippen molar-refractivity contribution in [2.24, 2.45) is 5.73 Å². The molecule has 116 valence electrons. The number of likely N-dealkylation sites (tertiary alicyclic amines) is 1. The Morgan fingerprint density at radius 1 is 1.41 bits per heavy atom. The van der Waals surface area contributed by atoms with E-state index in [1.54, 1.807) is 18.4 Å². The minimum Gasteiger partial charge on any atom is -0.497 e. The second kappa shape index (κ2) is 6.50. The van der Waals surface area contributed by atoms with Crippen LogP contribution in [0.5, 0.6) is 5.75 Å². The van der Waals surface area contributed by atoms with Gasteiger partial charge in [0.05, 0.1) is 12.7 Å². The number of carbonyl (C=O) groups excluding carboxylic acids is 1. The zero-order valence-corrected chi connectivity index (χ0v) is 13.4. The number of methoxy groups -OCH3 is 1. The van der Waals surface area contributed by atoms with E-state index in [4.69, 9.17) is 10.5 Å². The van der Waals surface area contributed by atoms with E-state index in [0.29, 0.717) is 11.5 Å². The van der Waals surface area contributed by atoms with Crippen molar-refractivity contribution in [1.29, 1.82) is 0 Å². The molecule has 0 aliphatic carbocycles. The Morgan fingerprint density at radius 3 is 2.82 bits per heavy atom. The van der Waals surface area contributed by atoms with Crippen LogP contribution in [0.2, 0.25) is 0 Å². The van der Waals surface area contributed by atoms with Crippen LogP contribution in [0.15, 0.2) is 35.7 Å². The number of nitrogens with zero attached hydrogens (tertiary/aromatic N) is 1. The third kappa shape index (κ3) is 3.31. The third-order valence-electron chi connectivity index (χ3n) is 4.18. The standard InChI is InChI=1S/C17H20N2O2S/c1-21-15-4-2-12(3-5-15)13-6-7-19(9-13)10-16-8-14(11-22-16)17(18)20/h2-5,8,11,13H,6-7,9-10H2,1H3,(H2,18,20)/t13-/m0/s1. The van der Waals surface area contributed by atoms with Gasteiger partial charge in [0.15, 0.2) is 0 Å². The normalized spacial score (nSPS) is 18.5. The zero-order chi connectivity index (χ0) is 15.5. The van der Waals surface area contributed by atoms with Crippen LogP contribution in [0, 0.1) is 0 Å². The Bertz CT molecular complexity index is 651. The van der Waals surface area contributed by atoms with Crippen molar-refractivity contribution in [3.8, 4) is 5.75 Å². The molecule has 22 heavy (non-hydrogen) atoms. The highest BCUT2D eigenvalue weighted by Gasteiger charge is 2.24. The molecule has 2 heterocycles. The molecule has 2 aromatic rings. The van der Waals surface area contributed by atoms with E-state index in [9.17, 15) is 4.79 Å². The number of benzene rings is 1. The molecule has 0 bridgehead atoms. The van der Waals surface area contributed by atoms with Crippen molar-refractivity contribution in [3.05, 3.63) is 51.7 Å². The molecule has 1 aliphatic heterocycles. The van der Waals surface area contributed by atoms with Gasteiger partial charge in [-0.3, -0.25) is 9.69 Å². The smallest absolute Gasteiger partial charge is 0.249 e. The van der Waals surface area contributed by atoms with Gasteiger partial charge < -0.3 is 10.5 Å². The Balaban J connectivity index is 1.60. The Morgan fingerprint density at radius 2 is 2.18 bits per heavy atom. The first-order valence-corrected chi connectivity index (χ1v) is 8.27. The fourth-order valence-corrected chi connectivity index (χ4v) is 3.85. The first kappa shape index (κ1) is 15.1. The number of hydrogen-bond acceptors (Lipinski definition) is 4. The summed E-state index contributed by atoms with van der Waals surface area (Å²) in [4.78, 5) is 14.8. The Hall–Kier alpha value is -1.85. The maximum absolute atomic E-state index is 11.1. The number of hydrogen-bond donors (Lipinski definition) is 1. The topological polar surface area (TPSA) is 55.6 Å². The number of ether oxygens (including phenoxy) is 1. The maximum Gasteiger partial charge on any atom is 0.249 e. The van der Waals surface area contributed by atoms with Gasteiger partial charge in [0.1, 0.15) is 5.75 Å². The highest BCUT2D eigenvalue weighted by molar-refractivity contribution is 7.10. The molecular formula is C17H20N2O2S. The van der Waals surface area contributed by atoms with Crippen molar-refractivity contribution >= 4 is 17.2 Å². The number of carbonyl (C=O) groups is 1. The van der Waals surface area contributed by atoms with Crippen molar-refractivity contribution in [3.63, 3.8) is 0 Å². The molecule has 2 N–H and O–H groups in total. The van der Waals surface area contributed by atoms with Gasteiger partial charge >= 0.3 is 0 Å². The average molecular weight is 316 g/mol. The first-order valence-electron chi connectivity index (χ1n) is 7.39. The number of nitrogens with two attached hydrogens (primary N) is 1. The molecule has 0 spiro atoms. The van der Waals surface area contributed by atoms with Gasteiger partial charge in [0, 0.05) is 23.3 Å². The van der Waals surface area contributed by atoms with E-state index >= 15 is 0 Å². The van der Waals surface area contributed by atoms with E-state index in [0.717, 1.165) is 25.4 Å². The van der Waals surface area contributed by atoms with Gasteiger partial charge in [-0.25, -0.2) is 0 Å². The molecule has 1 saturated heterocycles. The summed E-state index contributed by atoms with van der Waals surface area (Å²) in [6, 6.07) is 10.3. The van der Waals surface area contributed by atoms with Crippen LogP contribution in [-0.2, 0) is 6.54 Å². The Labute approximate surface area is 134 Å². The van der Waals surface area contributed by atoms with E-state index in [2.05, 4.69) is 17.0 Å². The molecular weight excluding hydrogens is 296 g/mol. The average Bonchev–Trinajstić information content (AvgIpc) is 3.17. The van der Waals surface area contributed by atoms with Gasteiger partial charge in [-0.2, -0.15) is 0 Å². The fraction of sp³-hybridized carbons (Fsp3) is 0.353. The summed E-state index contributed by atoms with van der Waals surface area (Å²) in [5.41, 5.74) is 7.29. The second-order valence-electron chi connectivity index (χ2n) is 5.66. The van der Waals surface area contributed by atoms with Crippen molar-refractivity contribution < 1.29 is 9.53 Å². The van der Waals surface area contributed by atoms with Gasteiger partial charge in [-0.15, -0.1) is 11.3 Å². The quantitative estimate of drug-likeness (QED) is 0.923.